The van der Waals surface area contributed by atoms with E-state index in [1.807, 2.05) is 0 Å². The molecule has 1 saturated carbocycles. The topological polar surface area (TPSA) is 0 Å². The molecule has 1 fully saturated rings. The fraction of sp³-hybridized carbons (Fsp3) is 0.818. The molecule has 2 bridgehead atoms. The van der Waals surface area contributed by atoms with Crippen molar-refractivity contribution in [2.45, 2.75) is 33.1 Å². The molecule has 0 spiro atoms. The van der Waals surface area contributed by atoms with Gasteiger partial charge in [-0.2, -0.15) is 0 Å². The van der Waals surface area contributed by atoms with Crippen LogP contribution in [-0.4, -0.2) is 5.33 Å². The fourth-order valence-corrected chi connectivity index (χ4v) is 3.32. The van der Waals surface area contributed by atoms with Crippen LogP contribution >= 0.6 is 15.9 Å². The Hall–Kier alpha value is 0.220. The van der Waals surface area contributed by atoms with Crippen molar-refractivity contribution in [3.05, 3.63) is 11.6 Å². The summed E-state index contributed by atoms with van der Waals surface area (Å²) in [4.78, 5) is 0. The van der Waals surface area contributed by atoms with Crippen LogP contribution in [0.15, 0.2) is 11.6 Å². The van der Waals surface area contributed by atoms with E-state index in [4.69, 9.17) is 0 Å². The lowest BCUT2D eigenvalue weighted by Crippen LogP contribution is -2.48. The molecule has 1 heteroatoms. The number of hydrogen-bond donors (Lipinski definition) is 0. The van der Waals surface area contributed by atoms with Crippen LogP contribution in [0.1, 0.15) is 33.1 Å². The summed E-state index contributed by atoms with van der Waals surface area (Å²) in [7, 11) is 0. The van der Waals surface area contributed by atoms with Gasteiger partial charge in [0.05, 0.1) is 0 Å². The van der Waals surface area contributed by atoms with Gasteiger partial charge >= 0.3 is 0 Å². The van der Waals surface area contributed by atoms with Gasteiger partial charge in [0.25, 0.3) is 0 Å². The predicted molar refractivity (Wildman–Crippen MR) is 56.5 cm³/mol. The zero-order valence-corrected chi connectivity index (χ0v) is 9.52. The summed E-state index contributed by atoms with van der Waals surface area (Å²) in [6, 6.07) is 0. The smallest absolute Gasteiger partial charge is 0.00686 e. The molecule has 0 heterocycles. The largest absolute Gasteiger partial charge is 0.0925 e. The van der Waals surface area contributed by atoms with Crippen molar-refractivity contribution in [2.75, 3.05) is 5.33 Å². The third kappa shape index (κ3) is 1.09. The molecule has 0 amide bonds. The molecule has 68 valence electrons. The SMILES string of the molecule is CC1(C)C2CC=C(CCBr)[C@@H]1C2. The summed E-state index contributed by atoms with van der Waals surface area (Å²) in [5, 5.41) is 1.14. The van der Waals surface area contributed by atoms with E-state index in [2.05, 4.69) is 35.9 Å². The van der Waals surface area contributed by atoms with Crippen molar-refractivity contribution in [1.82, 2.24) is 0 Å². The zero-order chi connectivity index (χ0) is 8.77. The molecular formula is C11H17Br. The van der Waals surface area contributed by atoms with Gasteiger partial charge in [0.15, 0.2) is 0 Å². The summed E-state index contributed by atoms with van der Waals surface area (Å²) in [6.07, 6.45) is 6.56. The summed E-state index contributed by atoms with van der Waals surface area (Å²) in [5.74, 6) is 1.90. The van der Waals surface area contributed by atoms with E-state index < -0.39 is 0 Å². The molecule has 0 nitrogen and oxygen atoms in total. The minimum atomic E-state index is 0.617. The molecular weight excluding hydrogens is 212 g/mol. The number of hydrogen-bond acceptors (Lipinski definition) is 0. The first-order valence-electron chi connectivity index (χ1n) is 4.91. The highest BCUT2D eigenvalue weighted by Gasteiger charge is 2.50. The molecule has 0 radical (unpaired) electrons. The van der Waals surface area contributed by atoms with Gasteiger partial charge in [-0.3, -0.25) is 0 Å². The van der Waals surface area contributed by atoms with Crippen molar-refractivity contribution in [3.63, 3.8) is 0 Å². The first-order valence-corrected chi connectivity index (χ1v) is 6.03. The Balaban J connectivity index is 2.13. The monoisotopic (exact) mass is 228 g/mol. The number of alkyl halides is 1. The van der Waals surface area contributed by atoms with Gasteiger partial charge in [-0.1, -0.05) is 41.4 Å². The Morgan fingerprint density at radius 3 is 2.83 bits per heavy atom. The van der Waals surface area contributed by atoms with Gasteiger partial charge in [0.2, 0.25) is 0 Å². The van der Waals surface area contributed by atoms with Crippen molar-refractivity contribution >= 4 is 15.9 Å². The summed E-state index contributed by atoms with van der Waals surface area (Å²) in [5.41, 5.74) is 2.34. The molecule has 1 unspecified atom stereocenters. The third-order valence-electron chi connectivity index (χ3n) is 3.97. The Morgan fingerprint density at radius 1 is 1.58 bits per heavy atom. The molecule has 0 aromatic carbocycles. The molecule has 0 aliphatic heterocycles. The van der Waals surface area contributed by atoms with Crippen molar-refractivity contribution < 1.29 is 0 Å². The molecule has 3 aliphatic carbocycles. The maximum Gasteiger partial charge on any atom is 0.00686 e. The number of fused-ring (bicyclic) bond motifs is 1. The Morgan fingerprint density at radius 2 is 2.33 bits per heavy atom. The second-order valence-corrected chi connectivity index (χ2v) is 5.55. The highest BCUT2D eigenvalue weighted by molar-refractivity contribution is 9.09. The highest BCUT2D eigenvalue weighted by atomic mass is 79.9. The molecule has 3 rings (SSSR count). The maximum absolute atomic E-state index is 3.53. The van der Waals surface area contributed by atoms with Gasteiger partial charge in [0, 0.05) is 5.33 Å². The maximum atomic E-state index is 3.53. The minimum Gasteiger partial charge on any atom is -0.0925 e. The molecule has 0 aromatic rings. The van der Waals surface area contributed by atoms with Crippen LogP contribution in [0.25, 0.3) is 0 Å². The van der Waals surface area contributed by atoms with Crippen molar-refractivity contribution in [1.29, 1.82) is 0 Å². The van der Waals surface area contributed by atoms with E-state index in [9.17, 15) is 0 Å². The standard InChI is InChI=1S/C11H17Br/c1-11(2)9-4-3-8(5-6-12)10(11)7-9/h3,9-10H,4-7H2,1-2H3/t9?,10-/m0/s1. The molecule has 0 aromatic heterocycles. The van der Waals surface area contributed by atoms with Crippen LogP contribution in [0, 0.1) is 17.3 Å². The average Bonchev–Trinajstić information content (AvgIpc) is 2.05. The summed E-state index contributed by atoms with van der Waals surface area (Å²) >= 11 is 3.53. The van der Waals surface area contributed by atoms with Crippen LogP contribution < -0.4 is 0 Å². The average molecular weight is 229 g/mol. The lowest BCUT2D eigenvalue weighted by molar-refractivity contribution is -0.00765. The van der Waals surface area contributed by atoms with Gasteiger partial charge in [0.1, 0.15) is 0 Å². The number of allylic oxidation sites excluding steroid dienone is 2. The van der Waals surface area contributed by atoms with Crippen LogP contribution in [-0.2, 0) is 0 Å². The number of halogens is 1. The van der Waals surface area contributed by atoms with Crippen LogP contribution in [0.2, 0.25) is 0 Å². The van der Waals surface area contributed by atoms with Gasteiger partial charge in [-0.15, -0.1) is 0 Å². The van der Waals surface area contributed by atoms with Crippen LogP contribution in [0.5, 0.6) is 0 Å². The zero-order valence-electron chi connectivity index (χ0n) is 7.94. The van der Waals surface area contributed by atoms with Crippen LogP contribution in [0.3, 0.4) is 0 Å². The minimum absolute atomic E-state index is 0.617. The van der Waals surface area contributed by atoms with E-state index >= 15 is 0 Å². The summed E-state index contributed by atoms with van der Waals surface area (Å²) < 4.78 is 0. The van der Waals surface area contributed by atoms with Crippen LogP contribution in [0.4, 0.5) is 0 Å². The molecule has 0 N–H and O–H groups in total. The Kier molecular flexibility index (Phi) is 2.10. The van der Waals surface area contributed by atoms with Crippen molar-refractivity contribution in [2.24, 2.45) is 17.3 Å². The van der Waals surface area contributed by atoms with E-state index in [0.29, 0.717) is 5.41 Å². The number of rotatable bonds is 2. The van der Waals surface area contributed by atoms with Gasteiger partial charge in [-0.05, 0) is 36.5 Å². The quantitative estimate of drug-likeness (QED) is 0.499. The van der Waals surface area contributed by atoms with E-state index in [1.165, 1.54) is 19.3 Å². The Labute approximate surface area is 83.6 Å². The molecule has 0 saturated heterocycles. The second kappa shape index (κ2) is 2.87. The van der Waals surface area contributed by atoms with E-state index in [0.717, 1.165) is 17.2 Å². The second-order valence-electron chi connectivity index (χ2n) is 4.76. The Bertz CT molecular complexity index is 215. The lowest BCUT2D eigenvalue weighted by atomic mass is 9.48. The molecule has 2 atom stereocenters. The predicted octanol–water partition coefficient (Wildman–Crippen LogP) is 3.76. The first-order chi connectivity index (χ1) is 5.66. The van der Waals surface area contributed by atoms with Crippen molar-refractivity contribution in [3.8, 4) is 0 Å². The normalized spacial score (nSPS) is 37.1. The summed E-state index contributed by atoms with van der Waals surface area (Å²) in [6.45, 7) is 4.88. The highest BCUT2D eigenvalue weighted by Crippen LogP contribution is 2.59. The molecule has 3 aliphatic rings. The third-order valence-corrected chi connectivity index (χ3v) is 4.36. The molecule has 12 heavy (non-hydrogen) atoms. The lowest BCUT2D eigenvalue weighted by Gasteiger charge is -2.56. The first kappa shape index (κ1) is 8.80. The van der Waals surface area contributed by atoms with Gasteiger partial charge < -0.3 is 0 Å². The van der Waals surface area contributed by atoms with E-state index in [1.54, 1.807) is 5.57 Å². The van der Waals surface area contributed by atoms with E-state index in [-0.39, 0.29) is 0 Å². The fourth-order valence-electron chi connectivity index (χ4n) is 2.87. The van der Waals surface area contributed by atoms with Gasteiger partial charge in [-0.25, -0.2) is 0 Å².